The second-order valence-electron chi connectivity index (χ2n) is 6.07. The molecule has 3 aromatic rings. The molecule has 0 aliphatic heterocycles. The number of anilines is 1. The van der Waals surface area contributed by atoms with Crippen molar-refractivity contribution in [3.63, 3.8) is 0 Å². The third kappa shape index (κ3) is 5.11. The van der Waals surface area contributed by atoms with Gasteiger partial charge in [0.1, 0.15) is 0 Å². The van der Waals surface area contributed by atoms with Crippen LogP contribution in [-0.2, 0) is 11.2 Å². The molecule has 0 saturated carbocycles. The minimum absolute atomic E-state index is 0.0524. The molecule has 1 amide bonds. The van der Waals surface area contributed by atoms with E-state index in [2.05, 4.69) is 47.9 Å². The van der Waals surface area contributed by atoms with E-state index in [1.807, 2.05) is 11.4 Å². The fourth-order valence-corrected chi connectivity index (χ4v) is 4.10. The molecule has 0 bridgehead atoms. The number of rotatable bonds is 7. The number of para-hydroxylation sites is 1. The monoisotopic (exact) mass is 418 g/mol. The molecule has 1 aromatic heterocycles. The van der Waals surface area contributed by atoms with E-state index in [1.54, 1.807) is 29.5 Å². The molecule has 1 atom stereocenters. The largest absolute Gasteiger partial charge is 0.322 e. The Kier molecular flexibility index (Phi) is 6.91. The van der Waals surface area contributed by atoms with Gasteiger partial charge < -0.3 is 5.32 Å². The molecule has 140 valence electrons. The molecule has 2 N–H and O–H groups in total. The lowest BCUT2D eigenvalue weighted by molar-refractivity contribution is -0.115. The molecule has 0 radical (unpaired) electrons. The van der Waals surface area contributed by atoms with Gasteiger partial charge in [0, 0.05) is 4.88 Å². The number of nitrogens with one attached hydrogen (secondary N) is 2. The first kappa shape index (κ1) is 19.9. The molecule has 2 aromatic carbocycles. The van der Waals surface area contributed by atoms with Crippen molar-refractivity contribution in [3.8, 4) is 0 Å². The zero-order valence-corrected chi connectivity index (χ0v) is 17.2. The highest BCUT2D eigenvalue weighted by Gasteiger charge is 2.17. The van der Waals surface area contributed by atoms with Crippen LogP contribution < -0.4 is 10.6 Å². The second kappa shape index (κ2) is 9.38. The first-order valence-electron chi connectivity index (χ1n) is 8.68. The summed E-state index contributed by atoms with van der Waals surface area (Å²) in [6.45, 7) is 2.27. The minimum Gasteiger partial charge on any atom is -0.322 e. The summed E-state index contributed by atoms with van der Waals surface area (Å²) in [6, 6.07) is 17.6. The number of hydrogen-bond donors (Lipinski definition) is 2. The van der Waals surface area contributed by atoms with Gasteiger partial charge in [-0.05, 0) is 41.1 Å². The van der Waals surface area contributed by atoms with E-state index in [4.69, 9.17) is 23.2 Å². The Morgan fingerprint density at radius 3 is 2.33 bits per heavy atom. The Balaban J connectivity index is 1.72. The minimum atomic E-state index is -0.197. The predicted molar refractivity (Wildman–Crippen MR) is 115 cm³/mol. The topological polar surface area (TPSA) is 41.1 Å². The number of halogens is 2. The summed E-state index contributed by atoms with van der Waals surface area (Å²) in [5.74, 6) is -0.197. The summed E-state index contributed by atoms with van der Waals surface area (Å²) in [7, 11) is 0. The Morgan fingerprint density at radius 2 is 1.74 bits per heavy atom. The van der Waals surface area contributed by atoms with Crippen molar-refractivity contribution < 1.29 is 4.79 Å². The average molecular weight is 419 g/mol. The second-order valence-corrected chi connectivity index (χ2v) is 7.86. The Bertz CT molecular complexity index is 875. The van der Waals surface area contributed by atoms with Crippen LogP contribution in [0.15, 0.2) is 60.0 Å². The summed E-state index contributed by atoms with van der Waals surface area (Å²) in [6.07, 6.45) is 0.998. The first-order valence-corrected chi connectivity index (χ1v) is 10.3. The van der Waals surface area contributed by atoms with Crippen LogP contribution in [0.3, 0.4) is 0 Å². The molecule has 6 heteroatoms. The van der Waals surface area contributed by atoms with Gasteiger partial charge in [-0.3, -0.25) is 10.1 Å². The maximum atomic E-state index is 12.4. The number of thiophene rings is 1. The predicted octanol–water partition coefficient (Wildman–Crippen LogP) is 5.94. The summed E-state index contributed by atoms with van der Waals surface area (Å²) in [5, 5.41) is 9.00. The van der Waals surface area contributed by atoms with E-state index < -0.39 is 0 Å². The molecule has 1 heterocycles. The molecule has 3 nitrogen and oxygen atoms in total. The van der Waals surface area contributed by atoms with E-state index in [0.29, 0.717) is 15.7 Å². The molecular formula is C21H20Cl2N2OS. The van der Waals surface area contributed by atoms with E-state index in [-0.39, 0.29) is 18.5 Å². The molecule has 0 spiro atoms. The zero-order valence-electron chi connectivity index (χ0n) is 14.8. The number of benzene rings is 2. The van der Waals surface area contributed by atoms with E-state index >= 15 is 0 Å². The summed E-state index contributed by atoms with van der Waals surface area (Å²) in [5.41, 5.74) is 2.85. The Labute approximate surface area is 173 Å². The van der Waals surface area contributed by atoms with E-state index in [0.717, 1.165) is 16.9 Å². The van der Waals surface area contributed by atoms with Crippen LogP contribution in [0.25, 0.3) is 0 Å². The van der Waals surface area contributed by atoms with Crippen LogP contribution in [0.1, 0.15) is 29.0 Å². The highest BCUT2D eigenvalue weighted by molar-refractivity contribution is 7.10. The highest BCUT2D eigenvalue weighted by Crippen LogP contribution is 2.30. The molecule has 0 aliphatic rings. The van der Waals surface area contributed by atoms with Gasteiger partial charge in [-0.15, -0.1) is 11.3 Å². The van der Waals surface area contributed by atoms with Gasteiger partial charge in [-0.2, -0.15) is 0 Å². The van der Waals surface area contributed by atoms with Crippen molar-refractivity contribution in [1.82, 2.24) is 5.32 Å². The van der Waals surface area contributed by atoms with Crippen LogP contribution in [0, 0.1) is 0 Å². The van der Waals surface area contributed by atoms with E-state index in [9.17, 15) is 4.79 Å². The standard InChI is InChI=1S/C21H20Cl2N2OS/c1-2-14-8-10-15(11-9-14)20(18-7-4-12-27-18)24-13-19(26)25-21-16(22)5-3-6-17(21)23/h3-12,20,24H,2,13H2,1H3,(H,25,26)/t20-/m1/s1. The number of aryl methyl sites for hydroxylation is 1. The van der Waals surface area contributed by atoms with Gasteiger partial charge >= 0.3 is 0 Å². The molecule has 3 rings (SSSR count). The van der Waals surface area contributed by atoms with E-state index in [1.165, 1.54) is 5.56 Å². The van der Waals surface area contributed by atoms with Crippen LogP contribution in [-0.4, -0.2) is 12.5 Å². The number of hydrogen-bond acceptors (Lipinski definition) is 3. The van der Waals surface area contributed by atoms with Crippen LogP contribution in [0.2, 0.25) is 10.0 Å². The van der Waals surface area contributed by atoms with Crippen molar-refractivity contribution in [3.05, 3.63) is 86.0 Å². The van der Waals surface area contributed by atoms with Crippen molar-refractivity contribution in [2.75, 3.05) is 11.9 Å². The zero-order chi connectivity index (χ0) is 19.2. The van der Waals surface area contributed by atoms with Crippen molar-refractivity contribution in [2.24, 2.45) is 0 Å². The van der Waals surface area contributed by atoms with Gasteiger partial charge in [0.2, 0.25) is 5.91 Å². The van der Waals surface area contributed by atoms with Gasteiger partial charge in [0.15, 0.2) is 0 Å². The fraction of sp³-hybridized carbons (Fsp3) is 0.190. The Morgan fingerprint density at radius 1 is 1.04 bits per heavy atom. The number of carbonyl (C=O) groups excluding carboxylic acids is 1. The molecular weight excluding hydrogens is 399 g/mol. The van der Waals surface area contributed by atoms with Crippen molar-refractivity contribution in [1.29, 1.82) is 0 Å². The smallest absolute Gasteiger partial charge is 0.238 e. The number of amides is 1. The van der Waals surface area contributed by atoms with Crippen molar-refractivity contribution >= 4 is 46.1 Å². The maximum Gasteiger partial charge on any atom is 0.238 e. The third-order valence-electron chi connectivity index (χ3n) is 4.24. The SMILES string of the molecule is CCc1ccc([C@@H](NCC(=O)Nc2c(Cl)cccc2Cl)c2cccs2)cc1. The van der Waals surface area contributed by atoms with Crippen LogP contribution in [0.4, 0.5) is 5.69 Å². The van der Waals surface area contributed by atoms with Gasteiger partial charge in [-0.1, -0.05) is 66.5 Å². The van der Waals surface area contributed by atoms with Crippen LogP contribution in [0.5, 0.6) is 0 Å². The summed E-state index contributed by atoms with van der Waals surface area (Å²) in [4.78, 5) is 13.6. The average Bonchev–Trinajstić information content (AvgIpc) is 3.20. The number of carbonyl (C=O) groups is 1. The molecule has 0 unspecified atom stereocenters. The van der Waals surface area contributed by atoms with Crippen LogP contribution >= 0.6 is 34.5 Å². The summed E-state index contributed by atoms with van der Waals surface area (Å²) < 4.78 is 0. The molecule has 0 aliphatic carbocycles. The highest BCUT2D eigenvalue weighted by atomic mass is 35.5. The Hall–Kier alpha value is -1.85. The molecule has 0 saturated heterocycles. The lowest BCUT2D eigenvalue weighted by atomic mass is 10.0. The molecule has 27 heavy (non-hydrogen) atoms. The maximum absolute atomic E-state index is 12.4. The quantitative estimate of drug-likeness (QED) is 0.498. The van der Waals surface area contributed by atoms with Gasteiger partial charge in [-0.25, -0.2) is 0 Å². The normalized spacial score (nSPS) is 12.0. The van der Waals surface area contributed by atoms with Gasteiger partial charge in [0.25, 0.3) is 0 Å². The fourth-order valence-electron chi connectivity index (χ4n) is 2.78. The first-order chi connectivity index (χ1) is 13.1. The lowest BCUT2D eigenvalue weighted by Crippen LogP contribution is -2.31. The third-order valence-corrected chi connectivity index (χ3v) is 5.81. The van der Waals surface area contributed by atoms with Gasteiger partial charge in [0.05, 0.1) is 28.3 Å². The molecule has 0 fully saturated rings. The van der Waals surface area contributed by atoms with Crippen molar-refractivity contribution in [2.45, 2.75) is 19.4 Å². The summed E-state index contributed by atoms with van der Waals surface area (Å²) >= 11 is 13.9. The lowest BCUT2D eigenvalue weighted by Gasteiger charge is -2.19.